The number of rotatable bonds is 3. The Balaban J connectivity index is 1.64. The molecule has 3 aliphatic heterocycles. The summed E-state index contributed by atoms with van der Waals surface area (Å²) in [6, 6.07) is 6.56. The molecule has 4 rings (SSSR count). The van der Waals surface area contributed by atoms with Gasteiger partial charge in [0, 0.05) is 12.6 Å². The highest BCUT2D eigenvalue weighted by Crippen LogP contribution is 2.47. The average Bonchev–Trinajstić information content (AvgIpc) is 3.19. The summed E-state index contributed by atoms with van der Waals surface area (Å²) in [5.74, 6) is -3.56. The van der Waals surface area contributed by atoms with Gasteiger partial charge >= 0.3 is 25.7 Å². The minimum Gasteiger partial charge on any atom is -0.466 e. The molecule has 1 amide bonds. The number of esters is 3. The number of ketones is 1. The Morgan fingerprint density at radius 2 is 1.80 bits per heavy atom. The topological polar surface area (TPSA) is 173 Å². The number of carbonyl (C=O) groups excluding carboxylic acids is 5. The second-order valence-electron chi connectivity index (χ2n) is 10.7. The van der Waals surface area contributed by atoms with Crippen molar-refractivity contribution in [3.63, 3.8) is 0 Å². The van der Waals surface area contributed by atoms with Gasteiger partial charge in [0.05, 0.1) is 26.1 Å². The van der Waals surface area contributed by atoms with Crippen molar-refractivity contribution in [2.24, 2.45) is 0 Å². The molecule has 0 radical (unpaired) electrons. The monoisotopic (exact) mass is 640 g/mol. The van der Waals surface area contributed by atoms with Gasteiger partial charge in [0.1, 0.15) is 24.0 Å². The van der Waals surface area contributed by atoms with Crippen molar-refractivity contribution < 1.29 is 60.9 Å². The zero-order valence-corrected chi connectivity index (χ0v) is 25.2. The van der Waals surface area contributed by atoms with Gasteiger partial charge in [-0.2, -0.15) is 5.09 Å². The van der Waals surface area contributed by atoms with Crippen LogP contribution in [0.2, 0.25) is 0 Å². The van der Waals surface area contributed by atoms with E-state index in [0.29, 0.717) is 0 Å². The number of ether oxygens (including phenoxy) is 4. The minimum atomic E-state index is -4.48. The quantitative estimate of drug-likeness (QED) is 0.221. The number of nitrogens with zero attached hydrogens (tertiary/aromatic N) is 1. The van der Waals surface area contributed by atoms with Crippen LogP contribution in [0, 0.1) is 0 Å². The molecule has 1 N–H and O–H groups in total. The van der Waals surface area contributed by atoms with Crippen LogP contribution in [-0.2, 0) is 52.0 Å². The average molecular weight is 641 g/mol. The van der Waals surface area contributed by atoms with Gasteiger partial charge < -0.3 is 23.5 Å². The summed E-state index contributed by atoms with van der Waals surface area (Å²) in [5.41, 5.74) is -2.54. The Kier molecular flexibility index (Phi) is 10.6. The Morgan fingerprint density at radius 1 is 1.07 bits per heavy atom. The molecule has 3 aliphatic rings. The van der Waals surface area contributed by atoms with E-state index in [1.165, 1.54) is 26.0 Å². The number of carbonyl (C=O) groups is 5. The van der Waals surface area contributed by atoms with Crippen LogP contribution in [0.5, 0.6) is 5.75 Å². The number of amides is 1. The molecule has 3 heterocycles. The summed E-state index contributed by atoms with van der Waals surface area (Å²) in [4.78, 5) is 62.9. The minimum absolute atomic E-state index is 0.0381. The van der Waals surface area contributed by atoms with Gasteiger partial charge in [0.15, 0.2) is 23.8 Å². The van der Waals surface area contributed by atoms with Crippen molar-refractivity contribution in [2.45, 2.75) is 82.7 Å². The summed E-state index contributed by atoms with van der Waals surface area (Å²) in [5, 5.41) is 2.47. The molecule has 0 unspecified atom stereocenters. The molecule has 7 atom stereocenters. The summed E-state index contributed by atoms with van der Waals surface area (Å²) in [6.45, 7) is 3.01. The standard InChI is InChI=1S/C28H34FN2O12P/c1-17-14-24(35)38-13-7-10-23(34)42-25-21(41-27(28(25,3)29)31-12-11-19(32)15-22(31)33)16-39-44(37,30-18(2)26(36)40-17)43-20-8-5-4-6-9-20/h4-6,8-9,11-12,17-18,21,25,27H,7,10,13-16H2,1-3H3,(H,30,37)/t17-,18-,21+,25+,27+,28+,44-/m0/s1. The first-order chi connectivity index (χ1) is 20.8. The van der Waals surface area contributed by atoms with Gasteiger partial charge in [0.2, 0.25) is 5.91 Å². The van der Waals surface area contributed by atoms with Crippen molar-refractivity contribution in [1.29, 1.82) is 0 Å². The lowest BCUT2D eigenvalue weighted by Crippen LogP contribution is -2.52. The molecule has 0 bridgehead atoms. The maximum absolute atomic E-state index is 16.5. The van der Waals surface area contributed by atoms with Crippen LogP contribution >= 0.6 is 7.75 Å². The fraction of sp³-hybridized carbons (Fsp3) is 0.536. The number of nitrogens with one attached hydrogen (secondary N) is 1. The number of fused-ring (bicyclic) bond motifs is 1. The molecule has 0 spiro atoms. The molecule has 44 heavy (non-hydrogen) atoms. The van der Waals surface area contributed by atoms with Crippen LogP contribution in [0.4, 0.5) is 4.39 Å². The van der Waals surface area contributed by atoms with Gasteiger partial charge in [-0.15, -0.1) is 0 Å². The van der Waals surface area contributed by atoms with Gasteiger partial charge in [0.25, 0.3) is 0 Å². The van der Waals surface area contributed by atoms with Crippen LogP contribution < -0.4 is 9.61 Å². The van der Waals surface area contributed by atoms with Gasteiger partial charge in [-0.3, -0.25) is 33.4 Å². The van der Waals surface area contributed by atoms with Crippen molar-refractivity contribution in [1.82, 2.24) is 9.99 Å². The van der Waals surface area contributed by atoms with Crippen LogP contribution in [0.15, 0.2) is 42.6 Å². The predicted molar refractivity (Wildman–Crippen MR) is 147 cm³/mol. The van der Waals surface area contributed by atoms with Crippen LogP contribution in [0.3, 0.4) is 0 Å². The smallest absolute Gasteiger partial charge is 0.459 e. The molecule has 1 aromatic carbocycles. The Morgan fingerprint density at radius 3 is 2.50 bits per heavy atom. The Labute approximate surface area is 252 Å². The number of hydrogen-bond donors (Lipinski definition) is 1. The summed E-state index contributed by atoms with van der Waals surface area (Å²) in [6.07, 6.45) is -4.54. The van der Waals surface area contributed by atoms with Crippen molar-refractivity contribution in [3.05, 3.63) is 42.6 Å². The molecule has 0 aliphatic carbocycles. The first-order valence-corrected chi connectivity index (χ1v) is 15.5. The van der Waals surface area contributed by atoms with Gasteiger partial charge in [-0.25, -0.2) is 8.96 Å². The highest BCUT2D eigenvalue weighted by atomic mass is 31.2. The van der Waals surface area contributed by atoms with Gasteiger partial charge in [-0.1, -0.05) is 18.2 Å². The van der Waals surface area contributed by atoms with E-state index in [1.54, 1.807) is 18.2 Å². The van der Waals surface area contributed by atoms with E-state index in [-0.39, 0.29) is 31.6 Å². The van der Waals surface area contributed by atoms with E-state index in [4.69, 9.17) is 28.0 Å². The third kappa shape index (κ3) is 8.29. The number of cyclic esters (lactones) is 2. The molecule has 16 heteroatoms. The Hall–Kier alpha value is -3.65. The first kappa shape index (κ1) is 33.2. The summed E-state index contributed by atoms with van der Waals surface area (Å²) < 4.78 is 63.4. The predicted octanol–water partition coefficient (Wildman–Crippen LogP) is 2.51. The number of alkyl halides is 1. The van der Waals surface area contributed by atoms with E-state index in [1.807, 2.05) is 0 Å². The van der Waals surface area contributed by atoms with E-state index in [9.17, 15) is 28.5 Å². The zero-order chi connectivity index (χ0) is 32.1. The van der Waals surface area contributed by atoms with Crippen LogP contribution in [0.25, 0.3) is 0 Å². The number of hydrogen-bond acceptors (Lipinski definition) is 12. The van der Waals surface area contributed by atoms with E-state index in [0.717, 1.165) is 24.1 Å². The number of para-hydroxylation sites is 1. The largest absolute Gasteiger partial charge is 0.466 e. The molecular formula is C28H34FN2O12P. The third-order valence-electron chi connectivity index (χ3n) is 6.87. The molecule has 2 saturated heterocycles. The molecule has 240 valence electrons. The lowest BCUT2D eigenvalue weighted by molar-refractivity contribution is -0.161. The fourth-order valence-corrected chi connectivity index (χ4v) is 6.20. The third-order valence-corrected chi connectivity index (χ3v) is 8.51. The molecule has 2 fully saturated rings. The normalized spacial score (nSPS) is 34.7. The lowest BCUT2D eigenvalue weighted by atomic mass is 9.97. The number of halogens is 1. The van der Waals surface area contributed by atoms with Crippen LogP contribution in [0.1, 0.15) is 46.5 Å². The lowest BCUT2D eigenvalue weighted by Gasteiger charge is -2.33. The van der Waals surface area contributed by atoms with E-state index in [2.05, 4.69) is 5.09 Å². The fourth-order valence-electron chi connectivity index (χ4n) is 4.69. The SMILES string of the molecule is C[C@@H]1N[P@@](=O)(Oc2ccccc2)OC[C@H]2O[C@@H](N3C=CC(=O)CC3=O)[C@](C)(F)[C@@H]2OC(=O)CCCOC(=O)C[C@H](C)OC1=O. The maximum atomic E-state index is 16.5. The second-order valence-corrected chi connectivity index (χ2v) is 12.4. The van der Waals surface area contributed by atoms with Crippen molar-refractivity contribution in [3.8, 4) is 5.75 Å². The zero-order valence-electron chi connectivity index (χ0n) is 24.3. The Bertz CT molecular complexity index is 1340. The summed E-state index contributed by atoms with van der Waals surface area (Å²) in [7, 11) is -4.48. The second kappa shape index (κ2) is 14.0. The van der Waals surface area contributed by atoms with Crippen molar-refractivity contribution in [2.75, 3.05) is 13.2 Å². The summed E-state index contributed by atoms with van der Waals surface area (Å²) >= 11 is 0. The highest BCUT2D eigenvalue weighted by Gasteiger charge is 2.60. The number of benzene rings is 1. The van der Waals surface area contributed by atoms with Crippen molar-refractivity contribution >= 4 is 37.3 Å². The molecule has 0 aromatic heterocycles. The molecule has 0 saturated carbocycles. The van der Waals surface area contributed by atoms with Crippen LogP contribution in [-0.4, -0.2) is 84.0 Å². The molecular weight excluding hydrogens is 606 g/mol. The number of allylic oxidation sites excluding steroid dienone is 1. The highest BCUT2D eigenvalue weighted by molar-refractivity contribution is 7.52. The molecule has 1 aromatic rings. The molecule has 14 nitrogen and oxygen atoms in total. The first-order valence-electron chi connectivity index (χ1n) is 14.0. The van der Waals surface area contributed by atoms with E-state index >= 15 is 4.39 Å². The maximum Gasteiger partial charge on any atom is 0.459 e. The van der Waals surface area contributed by atoms with Gasteiger partial charge in [-0.05, 0) is 45.4 Å². The van der Waals surface area contributed by atoms with E-state index < -0.39 is 86.6 Å².